The Morgan fingerprint density at radius 3 is 2.56 bits per heavy atom. The lowest BCUT2D eigenvalue weighted by atomic mass is 9.89. The van der Waals surface area contributed by atoms with Crippen LogP contribution in [0.15, 0.2) is 28.2 Å². The molecule has 2 rings (SSSR count). The third-order valence-corrected chi connectivity index (χ3v) is 3.12. The summed E-state index contributed by atoms with van der Waals surface area (Å²) < 4.78 is 0.600. The predicted molar refractivity (Wildman–Crippen MR) is 64.2 cm³/mol. The molecule has 0 atom stereocenters. The molecule has 0 unspecified atom stereocenters. The van der Waals surface area contributed by atoms with Gasteiger partial charge < -0.3 is 5.11 Å². The van der Waals surface area contributed by atoms with Crippen molar-refractivity contribution >= 4 is 27.4 Å². The summed E-state index contributed by atoms with van der Waals surface area (Å²) in [5.41, 5.74) is 1.47. The Kier molecular flexibility index (Phi) is 2.96. The van der Waals surface area contributed by atoms with Crippen LogP contribution in [0.1, 0.15) is 24.8 Å². The fourth-order valence-electron chi connectivity index (χ4n) is 1.61. The summed E-state index contributed by atoms with van der Waals surface area (Å²) in [6.07, 6.45) is 2.84. The van der Waals surface area contributed by atoms with Crippen LogP contribution >= 0.6 is 15.9 Å². The summed E-state index contributed by atoms with van der Waals surface area (Å²) >= 11 is 3.20. The normalized spacial score (nSPS) is 14.4. The number of hydrogen-bond acceptors (Lipinski definition) is 3. The number of halogens is 1. The Balaban J connectivity index is 2.45. The van der Waals surface area contributed by atoms with E-state index in [0.717, 1.165) is 24.8 Å². The lowest BCUT2D eigenvalue weighted by molar-refractivity contribution is -0.385. The van der Waals surface area contributed by atoms with Crippen LogP contribution in [0.2, 0.25) is 0 Å². The van der Waals surface area contributed by atoms with E-state index in [-0.39, 0.29) is 11.4 Å². The predicted octanol–water partition coefficient (Wildman–Crippen LogP) is 3.81. The van der Waals surface area contributed by atoms with Gasteiger partial charge in [-0.1, -0.05) is 15.9 Å². The van der Waals surface area contributed by atoms with Crippen LogP contribution in [0.25, 0.3) is 5.76 Å². The SMILES string of the molecule is O=[N+]([O-])c1cc(Br)cc(C(O)=C2CCC2)c1. The summed E-state index contributed by atoms with van der Waals surface area (Å²) in [6.45, 7) is 0. The molecular weight excluding hydrogens is 274 g/mol. The van der Waals surface area contributed by atoms with E-state index in [9.17, 15) is 15.2 Å². The zero-order chi connectivity index (χ0) is 11.7. The minimum Gasteiger partial charge on any atom is -0.507 e. The van der Waals surface area contributed by atoms with Crippen molar-refractivity contribution in [1.82, 2.24) is 0 Å². The maximum Gasteiger partial charge on any atom is 0.271 e. The number of nitro benzene ring substituents is 1. The first-order chi connectivity index (χ1) is 7.58. The highest BCUT2D eigenvalue weighted by Crippen LogP contribution is 2.34. The van der Waals surface area contributed by atoms with E-state index < -0.39 is 4.92 Å². The van der Waals surface area contributed by atoms with Gasteiger partial charge in [0.25, 0.3) is 5.69 Å². The summed E-state index contributed by atoms with van der Waals surface area (Å²) in [5.74, 6) is 0.190. The van der Waals surface area contributed by atoms with Crippen LogP contribution in [-0.2, 0) is 0 Å². The van der Waals surface area contributed by atoms with Gasteiger partial charge in [0.05, 0.1) is 4.92 Å². The molecule has 0 amide bonds. The van der Waals surface area contributed by atoms with Crippen LogP contribution in [0.4, 0.5) is 5.69 Å². The van der Waals surface area contributed by atoms with Gasteiger partial charge in [-0.3, -0.25) is 10.1 Å². The Morgan fingerprint density at radius 2 is 2.06 bits per heavy atom. The molecule has 0 aromatic heterocycles. The minimum atomic E-state index is -0.465. The molecule has 0 spiro atoms. The molecule has 5 heteroatoms. The van der Waals surface area contributed by atoms with E-state index in [0.29, 0.717) is 10.0 Å². The maximum atomic E-state index is 10.7. The van der Waals surface area contributed by atoms with Crippen LogP contribution in [0.5, 0.6) is 0 Å². The number of rotatable bonds is 2. The Bertz CT molecular complexity index is 476. The zero-order valence-electron chi connectivity index (χ0n) is 8.44. The smallest absolute Gasteiger partial charge is 0.271 e. The molecule has 1 saturated carbocycles. The highest BCUT2D eigenvalue weighted by Gasteiger charge is 2.17. The van der Waals surface area contributed by atoms with Crippen molar-refractivity contribution in [2.75, 3.05) is 0 Å². The van der Waals surface area contributed by atoms with Gasteiger partial charge in [0.1, 0.15) is 5.76 Å². The van der Waals surface area contributed by atoms with E-state index in [1.807, 2.05) is 0 Å². The number of hydrogen-bond donors (Lipinski definition) is 1. The van der Waals surface area contributed by atoms with E-state index in [2.05, 4.69) is 15.9 Å². The molecular formula is C11H10BrNO3. The van der Waals surface area contributed by atoms with Crippen LogP contribution in [0, 0.1) is 10.1 Å². The monoisotopic (exact) mass is 283 g/mol. The Morgan fingerprint density at radius 1 is 1.38 bits per heavy atom. The number of allylic oxidation sites excluding steroid dienone is 1. The van der Waals surface area contributed by atoms with Crippen LogP contribution < -0.4 is 0 Å². The molecule has 16 heavy (non-hydrogen) atoms. The highest BCUT2D eigenvalue weighted by molar-refractivity contribution is 9.10. The van der Waals surface area contributed by atoms with Crippen LogP contribution in [0.3, 0.4) is 0 Å². The van der Waals surface area contributed by atoms with Crippen molar-refractivity contribution in [1.29, 1.82) is 0 Å². The molecule has 0 radical (unpaired) electrons. The molecule has 4 nitrogen and oxygen atoms in total. The molecule has 0 aliphatic heterocycles. The van der Waals surface area contributed by atoms with Crippen molar-refractivity contribution in [3.63, 3.8) is 0 Å². The lowest BCUT2D eigenvalue weighted by Gasteiger charge is -2.18. The van der Waals surface area contributed by atoms with Crippen molar-refractivity contribution in [3.8, 4) is 0 Å². The van der Waals surface area contributed by atoms with Gasteiger partial charge in [-0.15, -0.1) is 0 Å². The highest BCUT2D eigenvalue weighted by atomic mass is 79.9. The molecule has 1 aliphatic carbocycles. The molecule has 1 aromatic rings. The molecule has 0 saturated heterocycles. The van der Waals surface area contributed by atoms with Gasteiger partial charge in [-0.2, -0.15) is 0 Å². The first-order valence-electron chi connectivity index (χ1n) is 4.94. The Labute approximate surface area is 101 Å². The molecule has 1 N–H and O–H groups in total. The van der Waals surface area contributed by atoms with E-state index >= 15 is 0 Å². The molecule has 84 valence electrons. The number of benzene rings is 1. The number of aliphatic hydroxyl groups is 1. The molecule has 0 heterocycles. The summed E-state index contributed by atoms with van der Waals surface area (Å²) in [7, 11) is 0. The maximum absolute atomic E-state index is 10.7. The Hall–Kier alpha value is -1.36. The zero-order valence-corrected chi connectivity index (χ0v) is 10.0. The second-order valence-corrected chi connectivity index (χ2v) is 4.68. The minimum absolute atomic E-state index is 0.0177. The van der Waals surface area contributed by atoms with Crippen LogP contribution in [-0.4, -0.2) is 10.0 Å². The summed E-state index contributed by atoms with van der Waals surface area (Å²) in [6, 6.07) is 4.50. The van der Waals surface area contributed by atoms with Gasteiger partial charge in [-0.25, -0.2) is 0 Å². The average molecular weight is 284 g/mol. The quantitative estimate of drug-likeness (QED) is 0.510. The third-order valence-electron chi connectivity index (χ3n) is 2.66. The average Bonchev–Trinajstić information content (AvgIpc) is 2.13. The van der Waals surface area contributed by atoms with E-state index in [1.54, 1.807) is 6.07 Å². The van der Waals surface area contributed by atoms with Gasteiger partial charge in [-0.05, 0) is 30.9 Å². The van der Waals surface area contributed by atoms with Crippen molar-refractivity contribution in [2.45, 2.75) is 19.3 Å². The molecule has 0 bridgehead atoms. The summed E-state index contributed by atoms with van der Waals surface area (Å²) in [4.78, 5) is 10.2. The first kappa shape index (κ1) is 11.1. The van der Waals surface area contributed by atoms with Gasteiger partial charge in [0.2, 0.25) is 0 Å². The van der Waals surface area contributed by atoms with E-state index in [1.165, 1.54) is 12.1 Å². The topological polar surface area (TPSA) is 63.4 Å². The van der Waals surface area contributed by atoms with Gasteiger partial charge in [0, 0.05) is 22.2 Å². The van der Waals surface area contributed by atoms with Crippen molar-refractivity contribution in [3.05, 3.63) is 43.9 Å². The number of non-ortho nitro benzene ring substituents is 1. The van der Waals surface area contributed by atoms with Gasteiger partial charge >= 0.3 is 0 Å². The fourth-order valence-corrected chi connectivity index (χ4v) is 2.09. The number of aliphatic hydroxyl groups excluding tert-OH is 1. The molecule has 1 aromatic carbocycles. The second kappa shape index (κ2) is 4.25. The van der Waals surface area contributed by atoms with Crippen molar-refractivity contribution < 1.29 is 10.0 Å². The third kappa shape index (κ3) is 2.09. The summed E-state index contributed by atoms with van der Waals surface area (Å²) in [5, 5.41) is 20.6. The number of nitrogens with zero attached hydrogens (tertiary/aromatic N) is 1. The largest absolute Gasteiger partial charge is 0.507 e. The standard InChI is InChI=1S/C11H10BrNO3/c12-9-4-8(5-10(6-9)13(15)16)11(14)7-2-1-3-7/h4-6,14H,1-3H2. The van der Waals surface area contributed by atoms with E-state index in [4.69, 9.17) is 0 Å². The van der Waals surface area contributed by atoms with Crippen molar-refractivity contribution in [2.24, 2.45) is 0 Å². The number of nitro groups is 1. The second-order valence-electron chi connectivity index (χ2n) is 3.76. The molecule has 1 fully saturated rings. The molecule has 1 aliphatic rings. The van der Waals surface area contributed by atoms with Gasteiger partial charge in [0.15, 0.2) is 0 Å². The first-order valence-corrected chi connectivity index (χ1v) is 5.73. The lowest BCUT2D eigenvalue weighted by Crippen LogP contribution is -2.01. The fraction of sp³-hybridized carbons (Fsp3) is 0.273.